The van der Waals surface area contributed by atoms with Gasteiger partial charge in [-0.15, -0.1) is 0 Å². The Kier molecular flexibility index (Phi) is 7.01. The van der Waals surface area contributed by atoms with Crippen molar-refractivity contribution in [1.82, 2.24) is 4.72 Å². The molecule has 0 aliphatic carbocycles. The molecule has 26 heavy (non-hydrogen) atoms. The highest BCUT2D eigenvalue weighted by molar-refractivity contribution is 7.89. The third kappa shape index (κ3) is 4.95. The molecule has 0 radical (unpaired) electrons. The van der Waals surface area contributed by atoms with Crippen LogP contribution in [0.15, 0.2) is 53.4 Å². The van der Waals surface area contributed by atoms with Gasteiger partial charge in [0.25, 0.3) is 0 Å². The zero-order valence-electron chi connectivity index (χ0n) is 16.5. The smallest absolute Gasteiger partial charge is 0.207 e. The SMILES string of the molecule is CCC(C)c1ccc(C(C)NS(=O)(=O)c2ccc(C(C)CC)cc2)cc1. The van der Waals surface area contributed by atoms with Gasteiger partial charge in [-0.3, -0.25) is 0 Å². The molecule has 142 valence electrons. The van der Waals surface area contributed by atoms with Gasteiger partial charge >= 0.3 is 0 Å². The van der Waals surface area contributed by atoms with E-state index >= 15 is 0 Å². The summed E-state index contributed by atoms with van der Waals surface area (Å²) >= 11 is 0. The van der Waals surface area contributed by atoms with E-state index < -0.39 is 10.0 Å². The monoisotopic (exact) mass is 373 g/mol. The zero-order chi connectivity index (χ0) is 19.3. The minimum Gasteiger partial charge on any atom is -0.207 e. The number of hydrogen-bond acceptors (Lipinski definition) is 2. The fourth-order valence-electron chi connectivity index (χ4n) is 2.93. The van der Waals surface area contributed by atoms with Crippen LogP contribution < -0.4 is 4.72 Å². The summed E-state index contributed by atoms with van der Waals surface area (Å²) in [6.07, 6.45) is 2.13. The standard InChI is InChI=1S/C22H31NO2S/c1-6-16(3)19-8-10-21(11-9-19)18(5)23-26(24,25)22-14-12-20(13-15-22)17(4)7-2/h8-18,23H,6-7H2,1-5H3. The van der Waals surface area contributed by atoms with E-state index in [1.807, 2.05) is 31.2 Å². The van der Waals surface area contributed by atoms with Gasteiger partial charge in [0.2, 0.25) is 10.0 Å². The average molecular weight is 374 g/mol. The average Bonchev–Trinajstić information content (AvgIpc) is 2.66. The van der Waals surface area contributed by atoms with E-state index in [0.29, 0.717) is 16.7 Å². The lowest BCUT2D eigenvalue weighted by atomic mass is 9.96. The summed E-state index contributed by atoms with van der Waals surface area (Å²) in [5.41, 5.74) is 3.42. The largest absolute Gasteiger partial charge is 0.241 e. The molecule has 0 amide bonds. The second-order valence-corrected chi connectivity index (χ2v) is 8.91. The van der Waals surface area contributed by atoms with Crippen molar-refractivity contribution < 1.29 is 8.42 Å². The minimum atomic E-state index is -3.54. The molecule has 0 aliphatic heterocycles. The molecule has 0 bridgehead atoms. The quantitative estimate of drug-likeness (QED) is 0.640. The molecule has 3 unspecified atom stereocenters. The van der Waals surface area contributed by atoms with Crippen LogP contribution in [0.3, 0.4) is 0 Å². The second kappa shape index (κ2) is 8.83. The molecule has 3 nitrogen and oxygen atoms in total. The van der Waals surface area contributed by atoms with Crippen molar-refractivity contribution in [2.45, 2.75) is 70.2 Å². The molecule has 0 saturated heterocycles. The first-order chi connectivity index (χ1) is 12.3. The van der Waals surface area contributed by atoms with E-state index in [-0.39, 0.29) is 6.04 Å². The van der Waals surface area contributed by atoms with E-state index in [4.69, 9.17) is 0 Å². The Morgan fingerprint density at radius 1 is 0.731 bits per heavy atom. The first-order valence-corrected chi connectivity index (χ1v) is 11.0. The van der Waals surface area contributed by atoms with Crippen molar-refractivity contribution in [2.24, 2.45) is 0 Å². The Labute approximate surface area is 158 Å². The predicted molar refractivity (Wildman–Crippen MR) is 109 cm³/mol. The minimum absolute atomic E-state index is 0.278. The normalized spacial score (nSPS) is 15.4. The van der Waals surface area contributed by atoms with E-state index in [1.165, 1.54) is 11.1 Å². The van der Waals surface area contributed by atoms with Crippen LogP contribution in [0.4, 0.5) is 0 Å². The van der Waals surface area contributed by atoms with Crippen LogP contribution in [0.2, 0.25) is 0 Å². The highest BCUT2D eigenvalue weighted by Gasteiger charge is 2.19. The van der Waals surface area contributed by atoms with Crippen LogP contribution in [-0.2, 0) is 10.0 Å². The van der Waals surface area contributed by atoms with Gasteiger partial charge in [-0.2, -0.15) is 0 Å². The summed E-state index contributed by atoms with van der Waals surface area (Å²) in [5.74, 6) is 0.947. The summed E-state index contributed by atoms with van der Waals surface area (Å²) in [6, 6.07) is 15.2. The lowest BCUT2D eigenvalue weighted by Gasteiger charge is -2.17. The van der Waals surface area contributed by atoms with Gasteiger partial charge in [0.05, 0.1) is 4.90 Å². The number of nitrogens with one attached hydrogen (secondary N) is 1. The van der Waals surface area contributed by atoms with E-state index in [0.717, 1.165) is 18.4 Å². The molecule has 2 rings (SSSR count). The fourth-order valence-corrected chi connectivity index (χ4v) is 4.16. The van der Waals surface area contributed by atoms with Crippen LogP contribution >= 0.6 is 0 Å². The summed E-state index contributed by atoms with van der Waals surface area (Å²) in [7, 11) is -3.54. The van der Waals surface area contributed by atoms with Crippen molar-refractivity contribution in [3.63, 3.8) is 0 Å². The van der Waals surface area contributed by atoms with Crippen molar-refractivity contribution in [3.05, 3.63) is 65.2 Å². The summed E-state index contributed by atoms with van der Waals surface area (Å²) in [4.78, 5) is 0.313. The predicted octanol–water partition coefficient (Wildman–Crippen LogP) is 5.75. The molecule has 2 aromatic carbocycles. The maximum absolute atomic E-state index is 12.7. The Morgan fingerprint density at radius 2 is 1.12 bits per heavy atom. The van der Waals surface area contributed by atoms with Gasteiger partial charge in [0.15, 0.2) is 0 Å². The van der Waals surface area contributed by atoms with Crippen molar-refractivity contribution in [1.29, 1.82) is 0 Å². The number of benzene rings is 2. The maximum atomic E-state index is 12.7. The van der Waals surface area contributed by atoms with Crippen molar-refractivity contribution in [2.75, 3.05) is 0 Å². The first-order valence-electron chi connectivity index (χ1n) is 9.50. The van der Waals surface area contributed by atoms with Crippen molar-refractivity contribution >= 4 is 10.0 Å². The molecular weight excluding hydrogens is 342 g/mol. The van der Waals surface area contributed by atoms with Gasteiger partial charge in [-0.1, -0.05) is 64.1 Å². The van der Waals surface area contributed by atoms with Crippen LogP contribution in [0.25, 0.3) is 0 Å². The lowest BCUT2D eigenvalue weighted by Crippen LogP contribution is -2.26. The second-order valence-electron chi connectivity index (χ2n) is 7.20. The fraction of sp³-hybridized carbons (Fsp3) is 0.455. The molecule has 4 heteroatoms. The van der Waals surface area contributed by atoms with Gasteiger partial charge < -0.3 is 0 Å². The molecule has 0 saturated carbocycles. The summed E-state index contributed by atoms with van der Waals surface area (Å²) in [6.45, 7) is 10.5. The highest BCUT2D eigenvalue weighted by Crippen LogP contribution is 2.24. The van der Waals surface area contributed by atoms with Crippen LogP contribution in [0.1, 0.15) is 82.0 Å². The molecule has 0 fully saturated rings. The van der Waals surface area contributed by atoms with Gasteiger partial charge in [0.1, 0.15) is 0 Å². The van der Waals surface area contributed by atoms with E-state index in [2.05, 4.69) is 44.5 Å². The molecular formula is C22H31NO2S. The Balaban J connectivity index is 2.12. The molecule has 2 aromatic rings. The Bertz CT molecular complexity index is 795. The number of rotatable bonds is 8. The van der Waals surface area contributed by atoms with Gasteiger partial charge in [-0.25, -0.2) is 13.1 Å². The topological polar surface area (TPSA) is 46.2 Å². The molecule has 0 spiro atoms. The molecule has 1 N–H and O–H groups in total. The zero-order valence-corrected chi connectivity index (χ0v) is 17.3. The third-order valence-corrected chi connectivity index (χ3v) is 6.88. The summed E-state index contributed by atoms with van der Waals surface area (Å²) < 4.78 is 28.1. The van der Waals surface area contributed by atoms with Crippen LogP contribution in [0.5, 0.6) is 0 Å². The molecule has 0 aliphatic rings. The Hall–Kier alpha value is -1.65. The number of sulfonamides is 1. The first kappa shape index (κ1) is 20.7. The third-order valence-electron chi connectivity index (χ3n) is 5.32. The van der Waals surface area contributed by atoms with Gasteiger partial charge in [-0.05, 0) is 60.4 Å². The summed E-state index contributed by atoms with van der Waals surface area (Å²) in [5, 5.41) is 0. The Morgan fingerprint density at radius 3 is 1.54 bits per heavy atom. The molecule has 0 heterocycles. The van der Waals surface area contributed by atoms with Crippen LogP contribution in [-0.4, -0.2) is 8.42 Å². The van der Waals surface area contributed by atoms with Crippen LogP contribution in [0, 0.1) is 0 Å². The number of hydrogen-bond donors (Lipinski definition) is 1. The maximum Gasteiger partial charge on any atom is 0.241 e. The van der Waals surface area contributed by atoms with E-state index in [1.54, 1.807) is 12.1 Å². The highest BCUT2D eigenvalue weighted by atomic mass is 32.2. The van der Waals surface area contributed by atoms with Gasteiger partial charge in [0, 0.05) is 6.04 Å². The lowest BCUT2D eigenvalue weighted by molar-refractivity contribution is 0.566. The molecule has 0 aromatic heterocycles. The molecule has 3 atom stereocenters. The van der Waals surface area contributed by atoms with Crippen molar-refractivity contribution in [3.8, 4) is 0 Å². The van der Waals surface area contributed by atoms with E-state index in [9.17, 15) is 8.42 Å².